The summed E-state index contributed by atoms with van der Waals surface area (Å²) < 4.78 is 0. The zero-order chi connectivity index (χ0) is 14.0. The van der Waals surface area contributed by atoms with Gasteiger partial charge in [0.15, 0.2) is 0 Å². The molecule has 0 rings (SSSR count). The highest BCUT2D eigenvalue weighted by Crippen LogP contribution is 2.19. The molecule has 2 atom stereocenters. The van der Waals surface area contributed by atoms with E-state index in [4.69, 9.17) is 0 Å². The zero-order valence-electron chi connectivity index (χ0n) is 13.1. The monoisotopic (exact) mass is 255 g/mol. The molecule has 0 aliphatic carbocycles. The van der Waals surface area contributed by atoms with Gasteiger partial charge in [-0.1, -0.05) is 66.7 Å². The summed E-state index contributed by atoms with van der Waals surface area (Å²) >= 11 is 0. The maximum absolute atomic E-state index is 11.4. The molecule has 0 bridgehead atoms. The number of hydrogen-bond acceptors (Lipinski definition) is 1. The first-order valence-electron chi connectivity index (χ1n) is 7.75. The number of carbonyl (C=O) groups is 1. The summed E-state index contributed by atoms with van der Waals surface area (Å²) in [5.41, 5.74) is 0. The Balaban J connectivity index is 3.53. The molecule has 2 unspecified atom stereocenters. The smallest absolute Gasteiger partial charge is 0.222 e. The van der Waals surface area contributed by atoms with Crippen molar-refractivity contribution in [2.24, 2.45) is 17.8 Å². The van der Waals surface area contributed by atoms with E-state index in [0.717, 1.165) is 24.8 Å². The van der Waals surface area contributed by atoms with Gasteiger partial charge in [0.1, 0.15) is 0 Å². The number of carbonyl (C=O) groups excluding carboxylic acids is 1. The third-order valence-electron chi connectivity index (χ3n) is 3.66. The summed E-state index contributed by atoms with van der Waals surface area (Å²) in [6, 6.07) is 0. The van der Waals surface area contributed by atoms with E-state index in [1.54, 1.807) is 0 Å². The summed E-state index contributed by atoms with van der Waals surface area (Å²) in [7, 11) is 0. The Bertz CT molecular complexity index is 213. The van der Waals surface area contributed by atoms with Gasteiger partial charge in [0, 0.05) is 12.5 Å². The standard InChI is InChI=1S/C16H33NO/c1-6-7-8-14(4)9-10-15(5)11-12-17-16(18)13(2)3/h13-15H,6-12H2,1-5H3,(H,17,18). The lowest BCUT2D eigenvalue weighted by atomic mass is 9.93. The quantitative estimate of drug-likeness (QED) is 0.616. The van der Waals surface area contributed by atoms with Crippen molar-refractivity contribution < 1.29 is 4.79 Å². The van der Waals surface area contributed by atoms with Crippen LogP contribution in [0.5, 0.6) is 0 Å². The zero-order valence-corrected chi connectivity index (χ0v) is 13.1. The normalized spacial score (nSPS) is 14.6. The SMILES string of the molecule is CCCCC(C)CCC(C)CCNC(=O)C(C)C. The van der Waals surface area contributed by atoms with E-state index in [1.807, 2.05) is 13.8 Å². The minimum Gasteiger partial charge on any atom is -0.356 e. The molecule has 18 heavy (non-hydrogen) atoms. The fraction of sp³-hybridized carbons (Fsp3) is 0.938. The molecule has 0 spiro atoms. The predicted molar refractivity (Wildman–Crippen MR) is 79.6 cm³/mol. The first-order valence-corrected chi connectivity index (χ1v) is 7.75. The van der Waals surface area contributed by atoms with Crippen molar-refractivity contribution in [2.75, 3.05) is 6.54 Å². The topological polar surface area (TPSA) is 29.1 Å². The van der Waals surface area contributed by atoms with Crippen molar-refractivity contribution in [3.05, 3.63) is 0 Å². The van der Waals surface area contributed by atoms with E-state index < -0.39 is 0 Å². The van der Waals surface area contributed by atoms with Crippen molar-refractivity contribution in [1.29, 1.82) is 0 Å². The van der Waals surface area contributed by atoms with E-state index in [-0.39, 0.29) is 11.8 Å². The molecule has 2 nitrogen and oxygen atoms in total. The molecule has 108 valence electrons. The Labute approximate surface area is 114 Å². The van der Waals surface area contributed by atoms with Crippen LogP contribution in [0.3, 0.4) is 0 Å². The van der Waals surface area contributed by atoms with Crippen molar-refractivity contribution in [1.82, 2.24) is 5.32 Å². The first-order chi connectivity index (χ1) is 8.47. The predicted octanol–water partition coefficient (Wildman–Crippen LogP) is 4.39. The molecule has 1 amide bonds. The number of hydrogen-bond donors (Lipinski definition) is 1. The van der Waals surface area contributed by atoms with Gasteiger partial charge in [0.05, 0.1) is 0 Å². The van der Waals surface area contributed by atoms with Crippen molar-refractivity contribution in [3.63, 3.8) is 0 Å². The third kappa shape index (κ3) is 9.49. The average molecular weight is 255 g/mol. The summed E-state index contributed by atoms with van der Waals surface area (Å²) in [5.74, 6) is 1.87. The van der Waals surface area contributed by atoms with Crippen LogP contribution in [0.4, 0.5) is 0 Å². The highest BCUT2D eigenvalue weighted by molar-refractivity contribution is 5.77. The maximum atomic E-state index is 11.4. The van der Waals surface area contributed by atoms with Crippen LogP contribution in [0.25, 0.3) is 0 Å². The van der Waals surface area contributed by atoms with Gasteiger partial charge < -0.3 is 5.32 Å². The number of unbranched alkanes of at least 4 members (excludes halogenated alkanes) is 1. The van der Waals surface area contributed by atoms with Crippen LogP contribution in [0.2, 0.25) is 0 Å². The van der Waals surface area contributed by atoms with Crippen molar-refractivity contribution in [2.45, 2.75) is 73.1 Å². The van der Waals surface area contributed by atoms with Crippen LogP contribution in [-0.2, 0) is 4.79 Å². The Kier molecular flexibility index (Phi) is 10.1. The Morgan fingerprint density at radius 2 is 1.50 bits per heavy atom. The second kappa shape index (κ2) is 10.4. The highest BCUT2D eigenvalue weighted by Gasteiger charge is 2.09. The van der Waals surface area contributed by atoms with E-state index in [1.165, 1.54) is 32.1 Å². The van der Waals surface area contributed by atoms with E-state index >= 15 is 0 Å². The van der Waals surface area contributed by atoms with Crippen LogP contribution in [0.1, 0.15) is 73.1 Å². The molecule has 0 saturated heterocycles. The van der Waals surface area contributed by atoms with Crippen LogP contribution in [-0.4, -0.2) is 12.5 Å². The van der Waals surface area contributed by atoms with Crippen LogP contribution < -0.4 is 5.32 Å². The van der Waals surface area contributed by atoms with Gasteiger partial charge >= 0.3 is 0 Å². The summed E-state index contributed by atoms with van der Waals surface area (Å²) in [6.45, 7) is 11.6. The average Bonchev–Trinajstić information content (AvgIpc) is 2.33. The molecule has 1 N–H and O–H groups in total. The Morgan fingerprint density at radius 1 is 0.944 bits per heavy atom. The third-order valence-corrected chi connectivity index (χ3v) is 3.66. The van der Waals surface area contributed by atoms with Gasteiger partial charge in [-0.15, -0.1) is 0 Å². The second-order valence-electron chi connectivity index (χ2n) is 6.16. The molecule has 0 aromatic rings. The van der Waals surface area contributed by atoms with E-state index in [0.29, 0.717) is 0 Å². The maximum Gasteiger partial charge on any atom is 0.222 e. The Morgan fingerprint density at radius 3 is 2.00 bits per heavy atom. The lowest BCUT2D eigenvalue weighted by Gasteiger charge is -2.16. The molecular weight excluding hydrogens is 222 g/mol. The number of nitrogens with one attached hydrogen (secondary N) is 1. The first kappa shape index (κ1) is 17.5. The Hall–Kier alpha value is -0.530. The second-order valence-corrected chi connectivity index (χ2v) is 6.16. The molecule has 0 radical (unpaired) electrons. The molecule has 0 saturated carbocycles. The van der Waals surface area contributed by atoms with E-state index in [9.17, 15) is 4.79 Å². The summed E-state index contributed by atoms with van der Waals surface area (Å²) in [4.78, 5) is 11.4. The largest absolute Gasteiger partial charge is 0.356 e. The molecule has 0 aliphatic heterocycles. The van der Waals surface area contributed by atoms with Gasteiger partial charge in [-0.3, -0.25) is 4.79 Å². The minimum atomic E-state index is 0.106. The molecule has 0 aromatic carbocycles. The molecular formula is C16H33NO. The van der Waals surface area contributed by atoms with Gasteiger partial charge in [-0.25, -0.2) is 0 Å². The van der Waals surface area contributed by atoms with Crippen molar-refractivity contribution >= 4 is 5.91 Å². The molecule has 0 fully saturated rings. The summed E-state index contributed by atoms with van der Waals surface area (Å²) in [5, 5.41) is 3.00. The molecule has 0 aromatic heterocycles. The minimum absolute atomic E-state index is 0.106. The van der Waals surface area contributed by atoms with Crippen molar-refractivity contribution in [3.8, 4) is 0 Å². The highest BCUT2D eigenvalue weighted by atomic mass is 16.1. The molecule has 0 aliphatic rings. The number of amides is 1. The van der Waals surface area contributed by atoms with E-state index in [2.05, 4.69) is 26.1 Å². The van der Waals surface area contributed by atoms with Gasteiger partial charge in [-0.2, -0.15) is 0 Å². The lowest BCUT2D eigenvalue weighted by Crippen LogP contribution is -2.29. The lowest BCUT2D eigenvalue weighted by molar-refractivity contribution is -0.124. The molecule has 2 heteroatoms. The van der Waals surface area contributed by atoms with Gasteiger partial charge in [-0.05, 0) is 18.3 Å². The fourth-order valence-electron chi connectivity index (χ4n) is 2.06. The van der Waals surface area contributed by atoms with Gasteiger partial charge in [0.2, 0.25) is 5.91 Å². The number of rotatable bonds is 10. The fourth-order valence-corrected chi connectivity index (χ4v) is 2.06. The van der Waals surface area contributed by atoms with Crippen LogP contribution >= 0.6 is 0 Å². The summed E-state index contributed by atoms with van der Waals surface area (Å²) in [6.07, 6.45) is 7.77. The van der Waals surface area contributed by atoms with Crippen LogP contribution in [0.15, 0.2) is 0 Å². The van der Waals surface area contributed by atoms with Crippen LogP contribution in [0, 0.1) is 17.8 Å². The van der Waals surface area contributed by atoms with Gasteiger partial charge in [0.25, 0.3) is 0 Å². The molecule has 0 heterocycles.